The van der Waals surface area contributed by atoms with Gasteiger partial charge in [0.25, 0.3) is 0 Å². The van der Waals surface area contributed by atoms with Crippen molar-refractivity contribution in [3.8, 4) is 0 Å². The lowest BCUT2D eigenvalue weighted by molar-refractivity contribution is 0.248. The summed E-state index contributed by atoms with van der Waals surface area (Å²) >= 11 is 0. The number of nitrogens with one attached hydrogen (secondary N) is 1. The van der Waals surface area contributed by atoms with Gasteiger partial charge in [0.2, 0.25) is 5.95 Å². The second kappa shape index (κ2) is 7.47. The zero-order chi connectivity index (χ0) is 19.0. The summed E-state index contributed by atoms with van der Waals surface area (Å²) in [6.07, 6.45) is 3.31. The molecule has 3 atom stereocenters. The van der Waals surface area contributed by atoms with Crippen LogP contribution in [0, 0.1) is 5.92 Å². The Balaban J connectivity index is 1.67. The second-order valence-electron chi connectivity index (χ2n) is 8.14. The van der Waals surface area contributed by atoms with E-state index in [-0.39, 0.29) is 12.6 Å². The topological polar surface area (TPSA) is 61.3 Å². The van der Waals surface area contributed by atoms with Crippen molar-refractivity contribution in [1.82, 2.24) is 9.97 Å². The van der Waals surface area contributed by atoms with E-state index in [1.54, 1.807) is 0 Å². The van der Waals surface area contributed by atoms with Gasteiger partial charge in [-0.1, -0.05) is 45.0 Å². The first-order chi connectivity index (χ1) is 13.1. The average molecular weight is 367 g/mol. The molecule has 3 heterocycles. The van der Waals surface area contributed by atoms with Gasteiger partial charge in [0.1, 0.15) is 5.82 Å². The van der Waals surface area contributed by atoms with Crippen molar-refractivity contribution >= 4 is 11.8 Å². The average Bonchev–Trinajstić information content (AvgIpc) is 2.72. The third-order valence-electron chi connectivity index (χ3n) is 6.11. The van der Waals surface area contributed by atoms with Gasteiger partial charge < -0.3 is 15.3 Å². The highest BCUT2D eigenvalue weighted by Crippen LogP contribution is 2.47. The van der Waals surface area contributed by atoms with Crippen molar-refractivity contribution in [3.05, 3.63) is 47.2 Å². The number of rotatable bonds is 6. The molecule has 1 saturated heterocycles. The Morgan fingerprint density at radius 3 is 2.67 bits per heavy atom. The predicted molar refractivity (Wildman–Crippen MR) is 109 cm³/mol. The molecule has 2 bridgehead atoms. The van der Waals surface area contributed by atoms with Crippen molar-refractivity contribution in [2.45, 2.75) is 58.0 Å². The van der Waals surface area contributed by atoms with Crippen LogP contribution in [0.1, 0.15) is 62.4 Å². The molecule has 2 aromatic rings. The summed E-state index contributed by atoms with van der Waals surface area (Å²) in [7, 11) is 0. The molecule has 5 nitrogen and oxygen atoms in total. The van der Waals surface area contributed by atoms with E-state index in [1.807, 2.05) is 0 Å². The van der Waals surface area contributed by atoms with Crippen molar-refractivity contribution in [2.24, 2.45) is 5.92 Å². The van der Waals surface area contributed by atoms with Crippen LogP contribution in [0.2, 0.25) is 0 Å². The van der Waals surface area contributed by atoms with Gasteiger partial charge in [0.15, 0.2) is 0 Å². The van der Waals surface area contributed by atoms with Crippen LogP contribution in [0.3, 0.4) is 0 Å². The number of hydrogen-bond donors (Lipinski definition) is 2. The molecular formula is C22H30N4O. The van der Waals surface area contributed by atoms with Gasteiger partial charge in [-0.3, -0.25) is 0 Å². The number of hydrogen-bond acceptors (Lipinski definition) is 5. The molecule has 144 valence electrons. The van der Waals surface area contributed by atoms with Gasteiger partial charge in [-0.15, -0.1) is 0 Å². The summed E-state index contributed by atoms with van der Waals surface area (Å²) in [5, 5.41) is 13.0. The minimum atomic E-state index is -0.0384. The predicted octanol–water partition coefficient (Wildman–Crippen LogP) is 3.91. The molecule has 0 spiro atoms. The van der Waals surface area contributed by atoms with Crippen LogP contribution < -0.4 is 10.2 Å². The Labute approximate surface area is 161 Å². The fraction of sp³-hybridized carbons (Fsp3) is 0.545. The molecule has 1 aromatic carbocycles. The molecule has 0 amide bonds. The zero-order valence-electron chi connectivity index (χ0n) is 16.5. The number of fused-ring (bicyclic) bond motifs is 2. The molecule has 27 heavy (non-hydrogen) atoms. The standard InChI is InChI=1S/C22H30N4O/c1-4-16-11-21(25-22(23-16)24-19(13-27)14(2)3)26-12-15-9-10-20(26)18-8-6-5-7-17(15)18/h5-8,11,14-15,19-20,27H,4,9-10,12-13H2,1-3H3,(H,23,24,25)/t15-,19+,20+/m1/s1. The Hall–Kier alpha value is -2.14. The Bertz CT molecular complexity index is 807. The van der Waals surface area contributed by atoms with Crippen LogP contribution in [0.4, 0.5) is 11.8 Å². The molecule has 0 saturated carbocycles. The summed E-state index contributed by atoms with van der Waals surface area (Å²) < 4.78 is 0. The fourth-order valence-corrected chi connectivity index (χ4v) is 4.45. The molecule has 2 N–H and O–H groups in total. The monoisotopic (exact) mass is 366 g/mol. The lowest BCUT2D eigenvalue weighted by Crippen LogP contribution is -2.43. The summed E-state index contributed by atoms with van der Waals surface area (Å²) in [5.41, 5.74) is 4.02. The van der Waals surface area contributed by atoms with Crippen molar-refractivity contribution in [1.29, 1.82) is 0 Å². The van der Waals surface area contributed by atoms with Crippen molar-refractivity contribution in [2.75, 3.05) is 23.4 Å². The van der Waals surface area contributed by atoms with Crippen LogP contribution in [0.15, 0.2) is 30.3 Å². The number of aromatic nitrogens is 2. The van der Waals surface area contributed by atoms with E-state index in [1.165, 1.54) is 24.0 Å². The second-order valence-corrected chi connectivity index (χ2v) is 8.14. The van der Waals surface area contributed by atoms with Crippen molar-refractivity contribution in [3.63, 3.8) is 0 Å². The van der Waals surface area contributed by atoms with Gasteiger partial charge in [-0.2, -0.15) is 4.98 Å². The number of aliphatic hydroxyl groups is 1. The first kappa shape index (κ1) is 18.2. The van der Waals surface area contributed by atoms with E-state index in [4.69, 9.17) is 4.98 Å². The zero-order valence-corrected chi connectivity index (χ0v) is 16.5. The van der Waals surface area contributed by atoms with E-state index in [0.717, 1.165) is 24.5 Å². The molecule has 3 aliphatic rings. The van der Waals surface area contributed by atoms with Crippen LogP contribution in [-0.4, -0.2) is 34.3 Å². The maximum Gasteiger partial charge on any atom is 0.225 e. The minimum Gasteiger partial charge on any atom is -0.394 e. The van der Waals surface area contributed by atoms with Crippen LogP contribution in [0.5, 0.6) is 0 Å². The Morgan fingerprint density at radius 1 is 1.19 bits per heavy atom. The molecule has 5 heteroatoms. The number of aryl methyl sites for hydroxylation is 1. The van der Waals surface area contributed by atoms with Gasteiger partial charge in [0, 0.05) is 24.2 Å². The van der Waals surface area contributed by atoms with E-state index < -0.39 is 0 Å². The smallest absolute Gasteiger partial charge is 0.225 e. The maximum atomic E-state index is 9.67. The molecule has 2 aliphatic heterocycles. The van der Waals surface area contributed by atoms with Gasteiger partial charge in [-0.25, -0.2) is 4.98 Å². The third kappa shape index (κ3) is 3.41. The van der Waals surface area contributed by atoms with Gasteiger partial charge in [0.05, 0.1) is 18.7 Å². The summed E-state index contributed by atoms with van der Waals surface area (Å²) in [6.45, 7) is 7.42. The summed E-state index contributed by atoms with van der Waals surface area (Å²) in [4.78, 5) is 12.0. The normalized spacial score (nSPS) is 22.0. The molecule has 0 unspecified atom stereocenters. The van der Waals surface area contributed by atoms with Gasteiger partial charge >= 0.3 is 0 Å². The van der Waals surface area contributed by atoms with Crippen LogP contribution in [-0.2, 0) is 6.42 Å². The number of benzene rings is 1. The first-order valence-electron chi connectivity index (χ1n) is 10.2. The lowest BCUT2D eigenvalue weighted by Gasteiger charge is -2.47. The number of nitrogens with zero attached hydrogens (tertiary/aromatic N) is 3. The largest absolute Gasteiger partial charge is 0.394 e. The van der Waals surface area contributed by atoms with Crippen molar-refractivity contribution < 1.29 is 5.11 Å². The number of anilines is 2. The van der Waals surface area contributed by atoms with Gasteiger partial charge in [-0.05, 0) is 36.3 Å². The van der Waals surface area contributed by atoms with E-state index >= 15 is 0 Å². The molecule has 0 radical (unpaired) electrons. The Kier molecular flexibility index (Phi) is 5.04. The number of piperidine rings is 1. The quantitative estimate of drug-likeness (QED) is 0.812. The van der Waals surface area contributed by atoms with Crippen LogP contribution in [0.25, 0.3) is 0 Å². The summed E-state index contributed by atoms with van der Waals surface area (Å²) in [6, 6.07) is 11.4. The molecule has 1 aliphatic carbocycles. The lowest BCUT2D eigenvalue weighted by atomic mass is 9.75. The van der Waals surface area contributed by atoms with Crippen LogP contribution >= 0.6 is 0 Å². The highest BCUT2D eigenvalue weighted by atomic mass is 16.3. The third-order valence-corrected chi connectivity index (χ3v) is 6.11. The van der Waals surface area contributed by atoms with E-state index in [0.29, 0.717) is 23.8 Å². The first-order valence-corrected chi connectivity index (χ1v) is 10.2. The minimum absolute atomic E-state index is 0.0384. The Morgan fingerprint density at radius 2 is 1.96 bits per heavy atom. The molecular weight excluding hydrogens is 336 g/mol. The van der Waals surface area contributed by atoms with E-state index in [9.17, 15) is 5.11 Å². The highest BCUT2D eigenvalue weighted by molar-refractivity contribution is 5.53. The summed E-state index contributed by atoms with van der Waals surface area (Å²) in [5.74, 6) is 2.54. The number of aliphatic hydroxyl groups excluding tert-OH is 1. The molecule has 5 rings (SSSR count). The maximum absolute atomic E-state index is 9.67. The SMILES string of the molecule is CCc1cc(N2C[C@H]3CC[C@H]2c2ccccc23)nc(N[C@@H](CO)C(C)C)n1. The van der Waals surface area contributed by atoms with E-state index in [2.05, 4.69) is 66.3 Å². The highest BCUT2D eigenvalue weighted by Gasteiger charge is 2.38. The molecule has 1 fully saturated rings. The molecule has 1 aromatic heterocycles. The fourth-order valence-electron chi connectivity index (χ4n) is 4.45.